The first kappa shape index (κ1) is 7.02. The van der Waals surface area contributed by atoms with E-state index in [0.29, 0.717) is 11.3 Å². The maximum Gasteiger partial charge on any atom is 0.328 e. The van der Waals surface area contributed by atoms with Crippen LogP contribution in [0.15, 0.2) is 11.0 Å². The lowest BCUT2D eigenvalue weighted by molar-refractivity contribution is 0.876. The lowest BCUT2D eigenvalue weighted by Crippen LogP contribution is -2.12. The van der Waals surface area contributed by atoms with Crippen LogP contribution in [0.5, 0.6) is 0 Å². The van der Waals surface area contributed by atoms with Gasteiger partial charge in [0.25, 0.3) is 0 Å². The molecular formula is C7H8N4O. The minimum Gasteiger partial charge on any atom is -0.289 e. The smallest absolute Gasteiger partial charge is 0.289 e. The molecule has 0 amide bonds. The molecule has 0 saturated carbocycles. The van der Waals surface area contributed by atoms with Crippen LogP contribution in [0.4, 0.5) is 0 Å². The van der Waals surface area contributed by atoms with Crippen molar-refractivity contribution in [2.45, 2.75) is 6.92 Å². The number of rotatable bonds is 0. The topological polar surface area (TPSA) is 63.6 Å². The van der Waals surface area contributed by atoms with Gasteiger partial charge in [0, 0.05) is 7.05 Å². The van der Waals surface area contributed by atoms with Crippen molar-refractivity contribution in [2.24, 2.45) is 7.05 Å². The highest BCUT2D eigenvalue weighted by Gasteiger charge is 2.04. The SMILES string of the molecule is Cc1cnc2[nH]c(=O)n(C)c2n1. The molecule has 0 aliphatic heterocycles. The standard InChI is InChI=1S/C7H8N4O/c1-4-3-8-5-6(9-4)11(2)7(12)10-5/h3H,1-2H3,(H,8,10,12). The Kier molecular flexibility index (Phi) is 1.27. The molecule has 0 unspecified atom stereocenters. The minimum absolute atomic E-state index is 0.185. The Morgan fingerprint density at radius 2 is 2.33 bits per heavy atom. The number of aryl methyl sites for hydroxylation is 2. The fourth-order valence-corrected chi connectivity index (χ4v) is 1.07. The number of hydrogen-bond donors (Lipinski definition) is 1. The zero-order valence-corrected chi connectivity index (χ0v) is 6.83. The van der Waals surface area contributed by atoms with Gasteiger partial charge in [0.15, 0.2) is 11.3 Å². The van der Waals surface area contributed by atoms with Gasteiger partial charge in [0.2, 0.25) is 0 Å². The summed E-state index contributed by atoms with van der Waals surface area (Å²) < 4.78 is 1.44. The first-order valence-corrected chi connectivity index (χ1v) is 3.57. The van der Waals surface area contributed by atoms with E-state index in [2.05, 4.69) is 15.0 Å². The van der Waals surface area contributed by atoms with E-state index in [1.807, 2.05) is 6.92 Å². The molecule has 1 N–H and O–H groups in total. The van der Waals surface area contributed by atoms with Gasteiger partial charge < -0.3 is 0 Å². The van der Waals surface area contributed by atoms with Gasteiger partial charge in [-0.15, -0.1) is 0 Å². The molecule has 2 aromatic rings. The van der Waals surface area contributed by atoms with Crippen molar-refractivity contribution in [3.05, 3.63) is 22.4 Å². The van der Waals surface area contributed by atoms with Crippen molar-refractivity contribution in [1.29, 1.82) is 0 Å². The third-order valence-corrected chi connectivity index (χ3v) is 1.72. The molecule has 0 atom stereocenters. The lowest BCUT2D eigenvalue weighted by atomic mass is 10.5. The molecule has 62 valence electrons. The van der Waals surface area contributed by atoms with Crippen LogP contribution in [0.3, 0.4) is 0 Å². The highest BCUT2D eigenvalue weighted by Crippen LogP contribution is 2.01. The predicted molar refractivity (Wildman–Crippen MR) is 43.9 cm³/mol. The summed E-state index contributed by atoms with van der Waals surface area (Å²) in [5, 5.41) is 0. The van der Waals surface area contributed by atoms with Gasteiger partial charge in [-0.25, -0.2) is 14.8 Å². The molecule has 5 heteroatoms. The Balaban J connectivity index is 2.98. The first-order chi connectivity index (χ1) is 5.68. The van der Waals surface area contributed by atoms with Gasteiger partial charge in [-0.1, -0.05) is 0 Å². The summed E-state index contributed by atoms with van der Waals surface area (Å²) in [7, 11) is 1.66. The van der Waals surface area contributed by atoms with Crippen LogP contribution in [-0.4, -0.2) is 19.5 Å². The number of nitrogens with one attached hydrogen (secondary N) is 1. The van der Waals surface area contributed by atoms with Crippen molar-refractivity contribution in [3.8, 4) is 0 Å². The number of aromatic amines is 1. The molecule has 0 aromatic carbocycles. The van der Waals surface area contributed by atoms with Crippen molar-refractivity contribution >= 4 is 11.3 Å². The van der Waals surface area contributed by atoms with E-state index < -0.39 is 0 Å². The highest BCUT2D eigenvalue weighted by molar-refractivity contribution is 5.64. The fraction of sp³-hybridized carbons (Fsp3) is 0.286. The molecule has 0 radical (unpaired) electrons. The van der Waals surface area contributed by atoms with Crippen molar-refractivity contribution in [1.82, 2.24) is 19.5 Å². The summed E-state index contributed by atoms with van der Waals surface area (Å²) in [6.07, 6.45) is 1.62. The summed E-state index contributed by atoms with van der Waals surface area (Å²) in [5.41, 5.74) is 1.75. The number of nitrogens with zero attached hydrogens (tertiary/aromatic N) is 3. The largest absolute Gasteiger partial charge is 0.328 e. The van der Waals surface area contributed by atoms with Crippen molar-refractivity contribution in [2.75, 3.05) is 0 Å². The van der Waals surface area contributed by atoms with Crippen LogP contribution >= 0.6 is 0 Å². The van der Waals surface area contributed by atoms with Gasteiger partial charge in [-0.3, -0.25) is 9.55 Å². The number of imidazole rings is 1. The van der Waals surface area contributed by atoms with E-state index >= 15 is 0 Å². The molecule has 0 aliphatic carbocycles. The number of H-pyrrole nitrogens is 1. The minimum atomic E-state index is -0.185. The maximum atomic E-state index is 11.1. The van der Waals surface area contributed by atoms with Gasteiger partial charge in [-0.05, 0) is 6.92 Å². The van der Waals surface area contributed by atoms with E-state index in [-0.39, 0.29) is 5.69 Å². The Bertz CT molecular complexity index is 482. The maximum absolute atomic E-state index is 11.1. The summed E-state index contributed by atoms with van der Waals surface area (Å²) >= 11 is 0. The second kappa shape index (κ2) is 2.17. The van der Waals surface area contributed by atoms with E-state index in [4.69, 9.17) is 0 Å². The van der Waals surface area contributed by atoms with Crippen LogP contribution in [0.2, 0.25) is 0 Å². The number of hydrogen-bond acceptors (Lipinski definition) is 3. The van der Waals surface area contributed by atoms with Crippen LogP contribution < -0.4 is 5.69 Å². The Labute approximate surface area is 68.1 Å². The molecule has 2 heterocycles. The summed E-state index contributed by atoms with van der Waals surface area (Å²) in [6.45, 7) is 1.84. The summed E-state index contributed by atoms with van der Waals surface area (Å²) in [4.78, 5) is 21.9. The van der Waals surface area contributed by atoms with Crippen LogP contribution in [0.25, 0.3) is 11.3 Å². The number of aromatic nitrogens is 4. The van der Waals surface area contributed by atoms with E-state index in [1.165, 1.54) is 4.57 Å². The zero-order chi connectivity index (χ0) is 8.72. The Morgan fingerprint density at radius 1 is 1.58 bits per heavy atom. The third kappa shape index (κ3) is 0.827. The summed E-state index contributed by atoms with van der Waals surface area (Å²) in [5.74, 6) is 0. The molecule has 0 bridgehead atoms. The predicted octanol–water partition coefficient (Wildman–Crippen LogP) is -0.0350. The van der Waals surface area contributed by atoms with Gasteiger partial charge in [0.05, 0.1) is 11.9 Å². The first-order valence-electron chi connectivity index (χ1n) is 3.57. The van der Waals surface area contributed by atoms with Gasteiger partial charge >= 0.3 is 5.69 Å². The van der Waals surface area contributed by atoms with Gasteiger partial charge in [0.1, 0.15) is 0 Å². The van der Waals surface area contributed by atoms with Crippen LogP contribution in [-0.2, 0) is 7.05 Å². The molecule has 2 rings (SSSR count). The fourth-order valence-electron chi connectivity index (χ4n) is 1.07. The van der Waals surface area contributed by atoms with E-state index in [0.717, 1.165) is 5.69 Å². The van der Waals surface area contributed by atoms with Crippen LogP contribution in [0.1, 0.15) is 5.69 Å². The zero-order valence-electron chi connectivity index (χ0n) is 6.83. The van der Waals surface area contributed by atoms with E-state index in [1.54, 1.807) is 13.2 Å². The van der Waals surface area contributed by atoms with Gasteiger partial charge in [-0.2, -0.15) is 0 Å². The molecular weight excluding hydrogens is 156 g/mol. The molecule has 0 fully saturated rings. The number of fused-ring (bicyclic) bond motifs is 1. The van der Waals surface area contributed by atoms with Crippen molar-refractivity contribution < 1.29 is 0 Å². The third-order valence-electron chi connectivity index (χ3n) is 1.72. The monoisotopic (exact) mass is 164 g/mol. The second-order valence-electron chi connectivity index (χ2n) is 2.67. The average molecular weight is 164 g/mol. The second-order valence-corrected chi connectivity index (χ2v) is 2.67. The molecule has 2 aromatic heterocycles. The average Bonchev–Trinajstić information content (AvgIpc) is 2.31. The molecule has 0 aliphatic rings. The molecule has 5 nitrogen and oxygen atoms in total. The molecule has 12 heavy (non-hydrogen) atoms. The Hall–Kier alpha value is -1.65. The molecule has 0 saturated heterocycles. The highest BCUT2D eigenvalue weighted by atomic mass is 16.1. The Morgan fingerprint density at radius 3 is 3.08 bits per heavy atom. The molecule has 0 spiro atoms. The van der Waals surface area contributed by atoms with Crippen LogP contribution in [0, 0.1) is 6.92 Å². The lowest BCUT2D eigenvalue weighted by Gasteiger charge is -1.92. The summed E-state index contributed by atoms with van der Waals surface area (Å²) in [6, 6.07) is 0. The quantitative estimate of drug-likeness (QED) is 0.594. The van der Waals surface area contributed by atoms with E-state index in [9.17, 15) is 4.79 Å². The van der Waals surface area contributed by atoms with Crippen molar-refractivity contribution in [3.63, 3.8) is 0 Å². The normalized spacial score (nSPS) is 10.8.